The number of halogens is 1. The quantitative estimate of drug-likeness (QED) is 0.724. The van der Waals surface area contributed by atoms with E-state index in [1.807, 2.05) is 24.3 Å². The maximum atomic E-state index is 13.8. The van der Waals surface area contributed by atoms with E-state index in [0.29, 0.717) is 28.9 Å². The highest BCUT2D eigenvalue weighted by molar-refractivity contribution is 5.55. The second kappa shape index (κ2) is 7.48. The fourth-order valence-corrected chi connectivity index (χ4v) is 3.44. The summed E-state index contributed by atoms with van der Waals surface area (Å²) in [5.41, 5.74) is 2.37. The van der Waals surface area contributed by atoms with Gasteiger partial charge in [-0.15, -0.1) is 0 Å². The molecule has 1 N–H and O–H groups in total. The molecule has 6 heteroatoms. The van der Waals surface area contributed by atoms with Gasteiger partial charge in [-0.25, -0.2) is 4.39 Å². The van der Waals surface area contributed by atoms with Gasteiger partial charge in [0.15, 0.2) is 0 Å². The van der Waals surface area contributed by atoms with Crippen LogP contribution in [0.1, 0.15) is 30.8 Å². The third kappa shape index (κ3) is 3.85. The molecule has 0 amide bonds. The number of anilines is 1. The smallest absolute Gasteiger partial charge is 0.244 e. The van der Waals surface area contributed by atoms with E-state index in [1.54, 1.807) is 13.0 Å². The summed E-state index contributed by atoms with van der Waals surface area (Å²) >= 11 is 0. The highest BCUT2D eigenvalue weighted by Gasteiger charge is 2.29. The van der Waals surface area contributed by atoms with Gasteiger partial charge in [0.05, 0.1) is 6.04 Å². The van der Waals surface area contributed by atoms with Crippen LogP contribution >= 0.6 is 0 Å². The predicted octanol–water partition coefficient (Wildman–Crippen LogP) is 4.43. The van der Waals surface area contributed by atoms with E-state index in [1.165, 1.54) is 6.07 Å². The minimum Gasteiger partial charge on any atom is -0.381 e. The molecular formula is C21H23FN4O. The zero-order chi connectivity index (χ0) is 18.8. The largest absolute Gasteiger partial charge is 0.381 e. The van der Waals surface area contributed by atoms with Crippen LogP contribution in [0.15, 0.2) is 53.1 Å². The molecule has 27 heavy (non-hydrogen) atoms. The zero-order valence-corrected chi connectivity index (χ0v) is 15.5. The first-order valence-corrected chi connectivity index (χ1v) is 9.26. The average Bonchev–Trinajstić information content (AvgIpc) is 3.34. The molecule has 2 atom stereocenters. The Bertz CT molecular complexity index is 912. The molecule has 0 saturated carbocycles. The van der Waals surface area contributed by atoms with E-state index in [-0.39, 0.29) is 11.9 Å². The molecule has 2 aromatic carbocycles. The molecule has 1 aliphatic rings. The summed E-state index contributed by atoms with van der Waals surface area (Å²) < 4.78 is 19.3. The summed E-state index contributed by atoms with van der Waals surface area (Å²) in [4.78, 5) is 6.83. The van der Waals surface area contributed by atoms with Crippen molar-refractivity contribution < 1.29 is 8.91 Å². The number of benzene rings is 2. The van der Waals surface area contributed by atoms with Gasteiger partial charge >= 0.3 is 0 Å². The number of nitrogens with zero attached hydrogens (tertiary/aromatic N) is 3. The van der Waals surface area contributed by atoms with Crippen LogP contribution in [0.5, 0.6) is 0 Å². The molecule has 0 radical (unpaired) electrons. The molecule has 1 saturated heterocycles. The van der Waals surface area contributed by atoms with Crippen molar-refractivity contribution in [3.8, 4) is 11.4 Å². The monoisotopic (exact) mass is 366 g/mol. The number of para-hydroxylation sites is 1. The Hall–Kier alpha value is -2.73. The number of hydrogen-bond acceptors (Lipinski definition) is 5. The van der Waals surface area contributed by atoms with E-state index in [2.05, 4.69) is 39.4 Å². The van der Waals surface area contributed by atoms with Gasteiger partial charge in [-0.2, -0.15) is 4.98 Å². The molecule has 0 spiro atoms. The molecule has 2 heterocycles. The Kier molecular flexibility index (Phi) is 4.90. The van der Waals surface area contributed by atoms with Crippen molar-refractivity contribution >= 4 is 5.69 Å². The van der Waals surface area contributed by atoms with Crippen LogP contribution in [0.3, 0.4) is 0 Å². The van der Waals surface area contributed by atoms with Crippen LogP contribution in [0, 0.1) is 12.7 Å². The number of aryl methyl sites for hydroxylation is 1. The molecule has 1 fully saturated rings. The predicted molar refractivity (Wildman–Crippen MR) is 103 cm³/mol. The summed E-state index contributed by atoms with van der Waals surface area (Å²) in [6.07, 6.45) is 1.06. The minimum absolute atomic E-state index is 0.0177. The molecule has 4 rings (SSSR count). The number of hydrogen-bond donors (Lipinski definition) is 1. The van der Waals surface area contributed by atoms with Crippen molar-refractivity contribution in [3.05, 3.63) is 65.8 Å². The molecule has 0 aliphatic carbocycles. The van der Waals surface area contributed by atoms with Crippen LogP contribution < -0.4 is 5.32 Å². The maximum Gasteiger partial charge on any atom is 0.244 e. The lowest BCUT2D eigenvalue weighted by Crippen LogP contribution is -2.28. The molecule has 5 nitrogen and oxygen atoms in total. The normalized spacial score (nSPS) is 18.6. The maximum absolute atomic E-state index is 13.8. The lowest BCUT2D eigenvalue weighted by atomic mass is 10.1. The Morgan fingerprint density at radius 2 is 2.04 bits per heavy atom. The van der Waals surface area contributed by atoms with E-state index in [0.717, 1.165) is 25.2 Å². The van der Waals surface area contributed by atoms with Gasteiger partial charge < -0.3 is 9.84 Å². The minimum atomic E-state index is -0.263. The first-order valence-electron chi connectivity index (χ1n) is 9.26. The van der Waals surface area contributed by atoms with Gasteiger partial charge in [-0.3, -0.25) is 4.90 Å². The second-order valence-corrected chi connectivity index (χ2v) is 7.09. The van der Waals surface area contributed by atoms with Crippen molar-refractivity contribution in [2.45, 2.75) is 32.4 Å². The number of rotatable bonds is 5. The third-order valence-electron chi connectivity index (χ3n) is 5.14. The average molecular weight is 366 g/mol. The van der Waals surface area contributed by atoms with E-state index in [9.17, 15) is 4.39 Å². The van der Waals surface area contributed by atoms with Gasteiger partial charge in [-0.05, 0) is 44.0 Å². The van der Waals surface area contributed by atoms with Crippen LogP contribution in [0.25, 0.3) is 11.4 Å². The molecule has 3 aromatic rings. The topological polar surface area (TPSA) is 54.2 Å². The summed E-state index contributed by atoms with van der Waals surface area (Å²) in [6.45, 7) is 5.67. The van der Waals surface area contributed by atoms with Crippen molar-refractivity contribution in [1.29, 1.82) is 0 Å². The fraction of sp³-hybridized carbons (Fsp3) is 0.333. The number of likely N-dealkylation sites (tertiary alicyclic amines) is 1. The van der Waals surface area contributed by atoms with Crippen LogP contribution in [-0.2, 0) is 0 Å². The lowest BCUT2D eigenvalue weighted by molar-refractivity contribution is 0.208. The Balaban J connectivity index is 1.42. The van der Waals surface area contributed by atoms with Gasteiger partial charge in [0.2, 0.25) is 11.7 Å². The van der Waals surface area contributed by atoms with Crippen LogP contribution in [0.4, 0.5) is 10.1 Å². The highest BCUT2D eigenvalue weighted by atomic mass is 19.1. The number of nitrogens with one attached hydrogen (secondary N) is 1. The van der Waals surface area contributed by atoms with E-state index < -0.39 is 0 Å². The Labute approximate surface area is 158 Å². The summed E-state index contributed by atoms with van der Waals surface area (Å²) in [6, 6.07) is 15.6. The van der Waals surface area contributed by atoms with Crippen LogP contribution in [0.2, 0.25) is 0 Å². The first-order chi connectivity index (χ1) is 13.1. The third-order valence-corrected chi connectivity index (χ3v) is 5.14. The number of aromatic nitrogens is 2. The van der Waals surface area contributed by atoms with Crippen molar-refractivity contribution in [2.75, 3.05) is 18.4 Å². The fourth-order valence-electron chi connectivity index (χ4n) is 3.44. The standard InChI is InChI=1S/C21H23FN4O/c1-14-8-9-16(12-19(14)22)20-24-21(27-25-20)15(2)26-11-10-18(13-26)23-17-6-4-3-5-7-17/h3-9,12,15,18,23H,10-11,13H2,1-2H3. The first kappa shape index (κ1) is 17.7. The van der Waals surface area contributed by atoms with Crippen molar-refractivity contribution in [1.82, 2.24) is 15.0 Å². The van der Waals surface area contributed by atoms with E-state index >= 15 is 0 Å². The summed E-state index contributed by atoms with van der Waals surface area (Å²) in [5, 5.41) is 7.61. The Morgan fingerprint density at radius 1 is 1.22 bits per heavy atom. The molecule has 2 unspecified atom stereocenters. The SMILES string of the molecule is Cc1ccc(-c2noc(C(C)N3CCC(Nc4ccccc4)C3)n2)cc1F. The molecule has 1 aromatic heterocycles. The molecule has 1 aliphatic heterocycles. The highest BCUT2D eigenvalue weighted by Crippen LogP contribution is 2.27. The second-order valence-electron chi connectivity index (χ2n) is 7.09. The van der Waals surface area contributed by atoms with Crippen LogP contribution in [-0.4, -0.2) is 34.2 Å². The lowest BCUT2D eigenvalue weighted by Gasteiger charge is -2.21. The molecule has 0 bridgehead atoms. The van der Waals surface area contributed by atoms with E-state index in [4.69, 9.17) is 4.52 Å². The van der Waals surface area contributed by atoms with Crippen molar-refractivity contribution in [3.63, 3.8) is 0 Å². The van der Waals surface area contributed by atoms with Gasteiger partial charge in [0, 0.05) is 30.4 Å². The van der Waals surface area contributed by atoms with Gasteiger partial charge in [0.1, 0.15) is 5.82 Å². The molecule has 140 valence electrons. The van der Waals surface area contributed by atoms with Crippen molar-refractivity contribution in [2.24, 2.45) is 0 Å². The van der Waals surface area contributed by atoms with Gasteiger partial charge in [0.25, 0.3) is 0 Å². The Morgan fingerprint density at radius 3 is 2.81 bits per heavy atom. The van der Waals surface area contributed by atoms with Gasteiger partial charge in [-0.1, -0.05) is 35.5 Å². The zero-order valence-electron chi connectivity index (χ0n) is 15.5. The summed E-state index contributed by atoms with van der Waals surface area (Å²) in [5.74, 6) is 0.724. The molecular weight excluding hydrogens is 343 g/mol. The summed E-state index contributed by atoms with van der Waals surface area (Å²) in [7, 11) is 0.